The van der Waals surface area contributed by atoms with E-state index in [1.165, 1.54) is 5.56 Å². The summed E-state index contributed by atoms with van der Waals surface area (Å²) in [5.74, 6) is 1.97. The van der Waals surface area contributed by atoms with Crippen molar-refractivity contribution in [1.82, 2.24) is 15.2 Å². The van der Waals surface area contributed by atoms with E-state index < -0.39 is 0 Å². The smallest absolute Gasteiger partial charge is 0.234 e. The first-order valence-electron chi connectivity index (χ1n) is 10.3. The maximum Gasteiger partial charge on any atom is 0.234 e. The molecule has 0 aliphatic carbocycles. The second-order valence-corrected chi connectivity index (χ2v) is 8.10. The second kappa shape index (κ2) is 9.49. The van der Waals surface area contributed by atoms with E-state index >= 15 is 0 Å². The van der Waals surface area contributed by atoms with E-state index in [0.29, 0.717) is 18.1 Å². The summed E-state index contributed by atoms with van der Waals surface area (Å²) in [6.45, 7) is 2.78. The van der Waals surface area contributed by atoms with Gasteiger partial charge in [-0.3, -0.25) is 9.69 Å². The van der Waals surface area contributed by atoms with Crippen molar-refractivity contribution in [3.05, 3.63) is 58.9 Å². The minimum Gasteiger partial charge on any atom is -0.497 e. The molecule has 1 aromatic heterocycles. The van der Waals surface area contributed by atoms with Crippen LogP contribution in [0.5, 0.6) is 5.75 Å². The minimum atomic E-state index is 0.0680. The van der Waals surface area contributed by atoms with Crippen LogP contribution in [0.15, 0.2) is 46.9 Å². The highest BCUT2D eigenvalue weighted by Gasteiger charge is 2.25. The van der Waals surface area contributed by atoms with Crippen molar-refractivity contribution in [1.29, 1.82) is 0 Å². The van der Waals surface area contributed by atoms with Crippen LogP contribution in [-0.4, -0.2) is 49.1 Å². The fraction of sp³-hybridized carbons (Fsp3) is 0.391. The summed E-state index contributed by atoms with van der Waals surface area (Å²) in [4.78, 5) is 19.1. The van der Waals surface area contributed by atoms with Crippen molar-refractivity contribution in [2.24, 2.45) is 0 Å². The summed E-state index contributed by atoms with van der Waals surface area (Å²) in [7, 11) is 1.65. The average Bonchev–Trinajstić information content (AvgIpc) is 3.18. The molecular formula is C23H26ClN3O3. The molecule has 0 spiro atoms. The van der Waals surface area contributed by atoms with Crippen molar-refractivity contribution in [3.8, 4) is 5.75 Å². The van der Waals surface area contributed by atoms with Crippen LogP contribution in [-0.2, 0) is 11.2 Å². The molecule has 1 amide bonds. The molecule has 4 rings (SSSR count). The molecule has 3 aromatic rings. The highest BCUT2D eigenvalue weighted by molar-refractivity contribution is 6.31. The number of oxazole rings is 1. The van der Waals surface area contributed by atoms with Crippen molar-refractivity contribution >= 4 is 28.6 Å². The van der Waals surface area contributed by atoms with Gasteiger partial charge in [0.05, 0.1) is 13.7 Å². The fourth-order valence-corrected chi connectivity index (χ4v) is 3.99. The molecule has 2 aromatic carbocycles. The highest BCUT2D eigenvalue weighted by atomic mass is 35.5. The number of benzene rings is 2. The first kappa shape index (κ1) is 20.7. The largest absolute Gasteiger partial charge is 0.497 e. The number of fused-ring (bicyclic) bond motifs is 1. The Labute approximate surface area is 181 Å². The van der Waals surface area contributed by atoms with Crippen LogP contribution in [0.2, 0.25) is 5.02 Å². The number of nitrogens with one attached hydrogen (secondary N) is 1. The molecule has 1 fully saturated rings. The number of amides is 1. The first-order valence-corrected chi connectivity index (χ1v) is 10.7. The number of halogens is 1. The maximum atomic E-state index is 12.3. The molecule has 0 saturated carbocycles. The van der Waals surface area contributed by atoms with Crippen molar-refractivity contribution in [3.63, 3.8) is 0 Å². The zero-order chi connectivity index (χ0) is 20.9. The van der Waals surface area contributed by atoms with Gasteiger partial charge in [-0.25, -0.2) is 4.98 Å². The standard InChI is InChI=1S/C23H26ClN3O3/c1-29-19-5-2-16(3-6-19)8-11-25-22(28)15-27-12-9-17(10-13-27)23-26-20-14-18(24)4-7-21(20)30-23/h2-7,14,17H,8-13,15H2,1H3,(H,25,28). The normalized spacial score (nSPS) is 15.4. The Bertz CT molecular complexity index is 995. The van der Waals surface area contributed by atoms with Gasteiger partial charge < -0.3 is 14.5 Å². The van der Waals surface area contributed by atoms with Gasteiger partial charge in [0.2, 0.25) is 5.91 Å². The number of nitrogens with zero attached hydrogens (tertiary/aromatic N) is 2. The summed E-state index contributed by atoms with van der Waals surface area (Å²) < 4.78 is 11.1. The Morgan fingerprint density at radius 1 is 1.23 bits per heavy atom. The van der Waals surface area contributed by atoms with Crippen molar-refractivity contribution in [2.75, 3.05) is 33.3 Å². The average molecular weight is 428 g/mol. The lowest BCUT2D eigenvalue weighted by Gasteiger charge is -2.29. The van der Waals surface area contributed by atoms with Crippen molar-refractivity contribution < 1.29 is 13.9 Å². The number of rotatable bonds is 7. The highest BCUT2D eigenvalue weighted by Crippen LogP contribution is 2.30. The number of piperidine rings is 1. The third kappa shape index (κ3) is 5.12. The van der Waals surface area contributed by atoms with E-state index in [1.807, 2.05) is 42.5 Å². The molecular weight excluding hydrogens is 402 g/mol. The molecule has 1 saturated heterocycles. The SMILES string of the molecule is COc1ccc(CCNC(=O)CN2CCC(c3nc4cc(Cl)ccc4o3)CC2)cc1. The predicted molar refractivity (Wildman–Crippen MR) is 117 cm³/mol. The van der Waals surface area contributed by atoms with Crippen LogP contribution in [0.25, 0.3) is 11.1 Å². The van der Waals surface area contributed by atoms with Gasteiger partial charge in [-0.05, 0) is 68.2 Å². The van der Waals surface area contributed by atoms with Gasteiger partial charge in [-0.15, -0.1) is 0 Å². The Balaban J connectivity index is 1.20. The Hall–Kier alpha value is -2.57. The van der Waals surface area contributed by atoms with Crippen LogP contribution < -0.4 is 10.1 Å². The third-order valence-electron chi connectivity index (χ3n) is 5.57. The number of ether oxygens (including phenoxy) is 1. The van der Waals surface area contributed by atoms with E-state index in [2.05, 4.69) is 15.2 Å². The molecule has 158 valence electrons. The lowest BCUT2D eigenvalue weighted by molar-refractivity contribution is -0.122. The number of carbonyl (C=O) groups excluding carboxylic acids is 1. The molecule has 1 aliphatic rings. The van der Waals surface area contributed by atoms with Crippen LogP contribution in [0.1, 0.15) is 30.2 Å². The van der Waals surface area contributed by atoms with E-state index in [1.54, 1.807) is 7.11 Å². The first-order chi connectivity index (χ1) is 14.6. The molecule has 1 N–H and O–H groups in total. The summed E-state index contributed by atoms with van der Waals surface area (Å²) in [5.41, 5.74) is 2.75. The van der Waals surface area contributed by atoms with Crippen molar-refractivity contribution in [2.45, 2.75) is 25.2 Å². The number of methoxy groups -OCH3 is 1. The van der Waals surface area contributed by atoms with Crippen LogP contribution in [0.3, 0.4) is 0 Å². The topological polar surface area (TPSA) is 67.6 Å². The number of likely N-dealkylation sites (tertiary alicyclic amines) is 1. The predicted octanol–water partition coefficient (Wildman–Crippen LogP) is 4.03. The van der Waals surface area contributed by atoms with Gasteiger partial charge in [0.1, 0.15) is 11.3 Å². The minimum absolute atomic E-state index is 0.0680. The van der Waals surface area contributed by atoms with Gasteiger partial charge in [0.25, 0.3) is 0 Å². The monoisotopic (exact) mass is 427 g/mol. The number of carbonyl (C=O) groups is 1. The molecule has 1 aliphatic heterocycles. The Morgan fingerprint density at radius 3 is 2.73 bits per heavy atom. The zero-order valence-corrected chi connectivity index (χ0v) is 17.8. The third-order valence-corrected chi connectivity index (χ3v) is 5.80. The lowest BCUT2D eigenvalue weighted by atomic mass is 9.97. The van der Waals surface area contributed by atoms with Crippen LogP contribution in [0.4, 0.5) is 0 Å². The molecule has 0 radical (unpaired) electrons. The summed E-state index contributed by atoms with van der Waals surface area (Å²) in [6, 6.07) is 13.4. The van der Waals surface area contributed by atoms with E-state index in [-0.39, 0.29) is 11.8 Å². The zero-order valence-electron chi connectivity index (χ0n) is 17.1. The van der Waals surface area contributed by atoms with Gasteiger partial charge in [0.15, 0.2) is 11.5 Å². The van der Waals surface area contributed by atoms with Gasteiger partial charge in [-0.1, -0.05) is 23.7 Å². The lowest BCUT2D eigenvalue weighted by Crippen LogP contribution is -2.41. The van der Waals surface area contributed by atoms with Gasteiger partial charge >= 0.3 is 0 Å². The number of hydrogen-bond acceptors (Lipinski definition) is 5. The van der Waals surface area contributed by atoms with E-state index in [4.69, 9.17) is 20.8 Å². The van der Waals surface area contributed by atoms with Crippen LogP contribution >= 0.6 is 11.6 Å². The second-order valence-electron chi connectivity index (χ2n) is 7.66. The summed E-state index contributed by atoms with van der Waals surface area (Å²) in [5, 5.41) is 3.68. The maximum absolute atomic E-state index is 12.3. The molecule has 7 heteroatoms. The molecule has 6 nitrogen and oxygen atoms in total. The van der Waals surface area contributed by atoms with Crippen LogP contribution in [0, 0.1) is 0 Å². The summed E-state index contributed by atoms with van der Waals surface area (Å²) >= 11 is 6.03. The summed E-state index contributed by atoms with van der Waals surface area (Å²) in [6.07, 6.45) is 2.67. The van der Waals surface area contributed by atoms with E-state index in [0.717, 1.165) is 55.1 Å². The molecule has 0 bridgehead atoms. The molecule has 2 heterocycles. The van der Waals surface area contributed by atoms with Gasteiger partial charge in [0, 0.05) is 17.5 Å². The fourth-order valence-electron chi connectivity index (χ4n) is 3.83. The number of aromatic nitrogens is 1. The molecule has 30 heavy (non-hydrogen) atoms. The quantitative estimate of drug-likeness (QED) is 0.616. The molecule has 0 atom stereocenters. The van der Waals surface area contributed by atoms with E-state index in [9.17, 15) is 4.79 Å². The number of hydrogen-bond donors (Lipinski definition) is 1. The van der Waals surface area contributed by atoms with Gasteiger partial charge in [-0.2, -0.15) is 0 Å². The Kier molecular flexibility index (Phi) is 6.55. The molecule has 0 unspecified atom stereocenters. The Morgan fingerprint density at radius 2 is 2.00 bits per heavy atom.